The molecule has 1 N–H and O–H groups in total. The molecule has 3 rings (SSSR count). The number of carbonyl (C=O) groups is 1. The van der Waals surface area contributed by atoms with Crippen LogP contribution in [0.15, 0.2) is 42.5 Å². The molecule has 26 heavy (non-hydrogen) atoms. The van der Waals surface area contributed by atoms with Gasteiger partial charge in [-0.1, -0.05) is 26.0 Å². The molecule has 0 atom stereocenters. The van der Waals surface area contributed by atoms with Crippen LogP contribution in [0.1, 0.15) is 36.2 Å². The van der Waals surface area contributed by atoms with E-state index in [1.807, 2.05) is 42.5 Å². The van der Waals surface area contributed by atoms with Gasteiger partial charge in [-0.25, -0.2) is 0 Å². The van der Waals surface area contributed by atoms with Crippen molar-refractivity contribution in [1.82, 2.24) is 4.90 Å². The van der Waals surface area contributed by atoms with E-state index in [0.717, 1.165) is 31.8 Å². The van der Waals surface area contributed by atoms with E-state index in [9.17, 15) is 4.79 Å². The van der Waals surface area contributed by atoms with Crippen molar-refractivity contribution in [3.8, 4) is 11.5 Å². The molecule has 5 heteroatoms. The number of benzene rings is 2. The molecular formula is C21H26N2O3. The van der Waals surface area contributed by atoms with Crippen molar-refractivity contribution in [2.75, 3.05) is 31.6 Å². The highest BCUT2D eigenvalue weighted by Crippen LogP contribution is 2.32. The Morgan fingerprint density at radius 2 is 1.69 bits per heavy atom. The number of carbonyl (C=O) groups excluding carboxylic acids is 1. The zero-order valence-corrected chi connectivity index (χ0v) is 15.5. The topological polar surface area (TPSA) is 50.8 Å². The van der Waals surface area contributed by atoms with Crippen LogP contribution in [0.3, 0.4) is 0 Å². The van der Waals surface area contributed by atoms with Crippen LogP contribution in [-0.4, -0.2) is 37.1 Å². The number of hydrogen-bond donors (Lipinski definition) is 1. The molecule has 0 saturated heterocycles. The first-order valence-electron chi connectivity index (χ1n) is 9.22. The molecule has 0 radical (unpaired) electrons. The first kappa shape index (κ1) is 18.3. The maximum absolute atomic E-state index is 12.5. The van der Waals surface area contributed by atoms with E-state index in [-0.39, 0.29) is 5.91 Å². The summed E-state index contributed by atoms with van der Waals surface area (Å²) in [6.45, 7) is 8.51. The first-order valence-corrected chi connectivity index (χ1v) is 9.22. The number of nitrogens with zero attached hydrogens (tertiary/aromatic N) is 1. The van der Waals surface area contributed by atoms with Gasteiger partial charge in [-0.2, -0.15) is 0 Å². The summed E-state index contributed by atoms with van der Waals surface area (Å²) in [5.74, 6) is 1.27. The van der Waals surface area contributed by atoms with Crippen LogP contribution in [0.2, 0.25) is 0 Å². The lowest BCUT2D eigenvalue weighted by molar-refractivity contribution is 0.102. The van der Waals surface area contributed by atoms with Gasteiger partial charge in [0, 0.05) is 30.3 Å². The minimum Gasteiger partial charge on any atom is -0.490 e. The van der Waals surface area contributed by atoms with Crippen molar-refractivity contribution >= 4 is 11.6 Å². The quantitative estimate of drug-likeness (QED) is 0.854. The zero-order valence-electron chi connectivity index (χ0n) is 15.5. The third kappa shape index (κ3) is 4.55. The molecule has 1 heterocycles. The molecule has 0 saturated carbocycles. The van der Waals surface area contributed by atoms with Crippen molar-refractivity contribution in [2.24, 2.45) is 0 Å². The van der Waals surface area contributed by atoms with Crippen molar-refractivity contribution in [3.05, 3.63) is 53.6 Å². The molecule has 2 aromatic carbocycles. The van der Waals surface area contributed by atoms with E-state index < -0.39 is 0 Å². The number of hydrogen-bond acceptors (Lipinski definition) is 4. The van der Waals surface area contributed by atoms with Gasteiger partial charge in [0.05, 0.1) is 13.2 Å². The van der Waals surface area contributed by atoms with Crippen LogP contribution in [0.5, 0.6) is 11.5 Å². The van der Waals surface area contributed by atoms with E-state index in [4.69, 9.17) is 9.47 Å². The second-order valence-corrected chi connectivity index (χ2v) is 6.32. The normalized spacial score (nSPS) is 13.3. The lowest BCUT2D eigenvalue weighted by Crippen LogP contribution is -2.22. The molecular weight excluding hydrogens is 328 g/mol. The first-order chi connectivity index (χ1) is 12.7. The molecule has 0 aromatic heterocycles. The van der Waals surface area contributed by atoms with Gasteiger partial charge in [-0.05, 0) is 42.9 Å². The lowest BCUT2D eigenvalue weighted by Gasteiger charge is -2.18. The number of amides is 1. The molecule has 0 unspecified atom stereocenters. The van der Waals surface area contributed by atoms with Crippen LogP contribution in [-0.2, 0) is 6.54 Å². The number of fused-ring (bicyclic) bond motifs is 1. The van der Waals surface area contributed by atoms with Crippen LogP contribution in [0, 0.1) is 0 Å². The predicted molar refractivity (Wildman–Crippen MR) is 103 cm³/mol. The number of nitrogens with one attached hydrogen (secondary N) is 1. The summed E-state index contributed by atoms with van der Waals surface area (Å²) in [6.07, 6.45) is 0.857. The molecule has 1 aliphatic rings. The summed E-state index contributed by atoms with van der Waals surface area (Å²) >= 11 is 0. The fraction of sp³-hybridized carbons (Fsp3) is 0.381. The van der Waals surface area contributed by atoms with Crippen LogP contribution in [0.4, 0.5) is 5.69 Å². The van der Waals surface area contributed by atoms with Crippen LogP contribution in [0.25, 0.3) is 0 Å². The van der Waals surface area contributed by atoms with E-state index in [0.29, 0.717) is 30.2 Å². The maximum atomic E-state index is 12.5. The minimum absolute atomic E-state index is 0.131. The Labute approximate surface area is 154 Å². The van der Waals surface area contributed by atoms with Gasteiger partial charge in [-0.15, -0.1) is 0 Å². The summed E-state index contributed by atoms with van der Waals surface area (Å²) in [5.41, 5.74) is 2.55. The highest BCUT2D eigenvalue weighted by Gasteiger charge is 2.13. The Morgan fingerprint density at radius 3 is 2.38 bits per heavy atom. The molecule has 0 bridgehead atoms. The fourth-order valence-electron chi connectivity index (χ4n) is 2.91. The monoisotopic (exact) mass is 354 g/mol. The molecule has 138 valence electrons. The fourth-order valence-corrected chi connectivity index (χ4v) is 2.91. The van der Waals surface area contributed by atoms with Crippen molar-refractivity contribution < 1.29 is 14.3 Å². The summed E-state index contributed by atoms with van der Waals surface area (Å²) in [4.78, 5) is 14.8. The smallest absolute Gasteiger partial charge is 0.255 e. The molecule has 0 fully saturated rings. The van der Waals surface area contributed by atoms with Gasteiger partial charge in [-0.3, -0.25) is 9.69 Å². The second-order valence-electron chi connectivity index (χ2n) is 6.32. The average Bonchev–Trinajstić information content (AvgIpc) is 2.91. The Morgan fingerprint density at radius 1 is 1.00 bits per heavy atom. The van der Waals surface area contributed by atoms with Gasteiger partial charge in [0.25, 0.3) is 5.91 Å². The number of ether oxygens (including phenoxy) is 2. The van der Waals surface area contributed by atoms with Crippen LogP contribution >= 0.6 is 0 Å². The van der Waals surface area contributed by atoms with Crippen molar-refractivity contribution in [3.63, 3.8) is 0 Å². The van der Waals surface area contributed by atoms with E-state index >= 15 is 0 Å². The molecule has 0 aliphatic carbocycles. The van der Waals surface area contributed by atoms with E-state index in [1.165, 1.54) is 5.56 Å². The summed E-state index contributed by atoms with van der Waals surface area (Å²) in [5, 5.41) is 2.93. The molecule has 1 amide bonds. The van der Waals surface area contributed by atoms with Gasteiger partial charge in [0.1, 0.15) is 0 Å². The largest absolute Gasteiger partial charge is 0.490 e. The minimum atomic E-state index is -0.131. The Hall–Kier alpha value is -2.53. The zero-order chi connectivity index (χ0) is 18.4. The Balaban J connectivity index is 1.65. The third-order valence-electron chi connectivity index (χ3n) is 4.52. The lowest BCUT2D eigenvalue weighted by atomic mass is 10.1. The maximum Gasteiger partial charge on any atom is 0.255 e. The number of rotatable bonds is 6. The SMILES string of the molecule is CCN(CC)Cc1ccc(C(=O)Nc2ccc3c(c2)OCCCO3)cc1. The standard InChI is InChI=1S/C21H26N2O3/c1-3-23(4-2)15-16-6-8-17(9-7-16)21(24)22-18-10-11-19-20(14-18)26-13-5-12-25-19/h6-11,14H,3-5,12-13,15H2,1-2H3,(H,22,24). The summed E-state index contributed by atoms with van der Waals surface area (Å²) in [6, 6.07) is 13.3. The average molecular weight is 354 g/mol. The van der Waals surface area contributed by atoms with Gasteiger partial charge in [0.2, 0.25) is 0 Å². The van der Waals surface area contributed by atoms with Crippen molar-refractivity contribution in [2.45, 2.75) is 26.8 Å². The molecule has 2 aromatic rings. The molecule has 5 nitrogen and oxygen atoms in total. The summed E-state index contributed by atoms with van der Waals surface area (Å²) in [7, 11) is 0. The second kappa shape index (κ2) is 8.72. The summed E-state index contributed by atoms with van der Waals surface area (Å²) < 4.78 is 11.3. The predicted octanol–water partition coefficient (Wildman–Crippen LogP) is 3.94. The highest BCUT2D eigenvalue weighted by molar-refractivity contribution is 6.04. The van der Waals surface area contributed by atoms with Gasteiger partial charge < -0.3 is 14.8 Å². The van der Waals surface area contributed by atoms with Crippen LogP contribution < -0.4 is 14.8 Å². The number of anilines is 1. The van der Waals surface area contributed by atoms with Gasteiger partial charge >= 0.3 is 0 Å². The Kier molecular flexibility index (Phi) is 6.12. The highest BCUT2D eigenvalue weighted by atomic mass is 16.5. The van der Waals surface area contributed by atoms with E-state index in [2.05, 4.69) is 24.1 Å². The third-order valence-corrected chi connectivity index (χ3v) is 4.52. The van der Waals surface area contributed by atoms with Crippen molar-refractivity contribution in [1.29, 1.82) is 0 Å². The molecule has 1 aliphatic heterocycles. The Bertz CT molecular complexity index is 739. The van der Waals surface area contributed by atoms with E-state index in [1.54, 1.807) is 0 Å². The molecule has 0 spiro atoms. The van der Waals surface area contributed by atoms with Gasteiger partial charge in [0.15, 0.2) is 11.5 Å².